The lowest BCUT2D eigenvalue weighted by Crippen LogP contribution is -2.07. The molecule has 4 nitrogen and oxygen atoms in total. The molecule has 1 aromatic heterocycles. The van der Waals surface area contributed by atoms with Gasteiger partial charge in [-0.2, -0.15) is 5.10 Å². The number of nitrogens with zero attached hydrogens (tertiary/aromatic N) is 2. The average molecular weight is 223 g/mol. The van der Waals surface area contributed by atoms with Gasteiger partial charge in [-0.05, 0) is 25.7 Å². The minimum atomic E-state index is 0.698. The van der Waals surface area contributed by atoms with E-state index in [9.17, 15) is 0 Å². The quantitative estimate of drug-likeness (QED) is 0.805. The second-order valence-corrected chi connectivity index (χ2v) is 4.61. The van der Waals surface area contributed by atoms with Gasteiger partial charge in [-0.1, -0.05) is 19.8 Å². The second kappa shape index (κ2) is 4.76. The highest BCUT2D eigenvalue weighted by Gasteiger charge is 2.21. The van der Waals surface area contributed by atoms with E-state index in [-0.39, 0.29) is 0 Å². The van der Waals surface area contributed by atoms with Crippen LogP contribution in [-0.2, 0) is 6.54 Å². The maximum Gasteiger partial charge on any atom is 0.236 e. The first kappa shape index (κ1) is 11.3. The Morgan fingerprint density at radius 3 is 2.88 bits per heavy atom. The normalized spacial score (nSPS) is 15.4. The maximum absolute atomic E-state index is 5.96. The number of rotatable bonds is 6. The van der Waals surface area contributed by atoms with Crippen molar-refractivity contribution in [1.29, 1.82) is 0 Å². The monoisotopic (exact) mass is 223 g/mol. The summed E-state index contributed by atoms with van der Waals surface area (Å²) in [5, 5.41) is 4.38. The molecule has 1 aromatic rings. The van der Waals surface area contributed by atoms with Gasteiger partial charge in [-0.15, -0.1) is 0 Å². The molecule has 1 aliphatic carbocycles. The number of nitrogens with two attached hydrogens (primary N) is 1. The van der Waals surface area contributed by atoms with E-state index in [0.717, 1.165) is 43.5 Å². The van der Waals surface area contributed by atoms with Crippen LogP contribution in [0.5, 0.6) is 5.88 Å². The summed E-state index contributed by atoms with van der Waals surface area (Å²) < 4.78 is 7.65. The molecule has 0 atom stereocenters. The van der Waals surface area contributed by atoms with E-state index in [1.807, 2.05) is 11.6 Å². The predicted octanol–water partition coefficient (Wildman–Crippen LogP) is 2.36. The predicted molar refractivity (Wildman–Crippen MR) is 64.5 cm³/mol. The molecule has 90 valence electrons. The Morgan fingerprint density at radius 2 is 2.25 bits per heavy atom. The van der Waals surface area contributed by atoms with Gasteiger partial charge in [-0.25, -0.2) is 4.68 Å². The smallest absolute Gasteiger partial charge is 0.236 e. The van der Waals surface area contributed by atoms with Crippen LogP contribution in [0.4, 0.5) is 5.69 Å². The number of aryl methyl sites for hydroxylation is 2. The molecule has 0 aromatic carbocycles. The molecular weight excluding hydrogens is 202 g/mol. The van der Waals surface area contributed by atoms with E-state index in [4.69, 9.17) is 10.5 Å². The van der Waals surface area contributed by atoms with Gasteiger partial charge < -0.3 is 10.5 Å². The first-order valence-corrected chi connectivity index (χ1v) is 6.18. The molecule has 2 N–H and O–H groups in total. The third-order valence-electron chi connectivity index (χ3n) is 3.02. The standard InChI is InChI=1S/C12H21N3O/c1-3-7-15-12(11(13)9(2)14-15)16-8-6-10-4-5-10/h10H,3-8,13H2,1-2H3. The van der Waals surface area contributed by atoms with Crippen molar-refractivity contribution in [2.45, 2.75) is 46.1 Å². The summed E-state index contributed by atoms with van der Waals surface area (Å²) >= 11 is 0. The number of ether oxygens (including phenoxy) is 1. The van der Waals surface area contributed by atoms with Crippen LogP contribution in [0.3, 0.4) is 0 Å². The van der Waals surface area contributed by atoms with Crippen LogP contribution in [0.2, 0.25) is 0 Å². The molecule has 0 radical (unpaired) electrons. The molecule has 1 fully saturated rings. The van der Waals surface area contributed by atoms with Gasteiger partial charge in [0.05, 0.1) is 12.3 Å². The highest BCUT2D eigenvalue weighted by molar-refractivity contribution is 5.52. The SMILES string of the molecule is CCCn1nc(C)c(N)c1OCCC1CC1. The molecule has 0 aliphatic heterocycles. The Bertz CT molecular complexity index is 355. The van der Waals surface area contributed by atoms with Crippen molar-refractivity contribution in [3.05, 3.63) is 5.69 Å². The van der Waals surface area contributed by atoms with Crippen LogP contribution >= 0.6 is 0 Å². The average Bonchev–Trinajstić information content (AvgIpc) is 3.02. The first-order valence-electron chi connectivity index (χ1n) is 6.18. The molecule has 0 saturated heterocycles. The Balaban J connectivity index is 1.97. The van der Waals surface area contributed by atoms with Crippen molar-refractivity contribution in [2.24, 2.45) is 5.92 Å². The summed E-state index contributed by atoms with van der Waals surface area (Å²) in [5.74, 6) is 1.66. The lowest BCUT2D eigenvalue weighted by Gasteiger charge is -2.08. The minimum Gasteiger partial charge on any atom is -0.476 e. The lowest BCUT2D eigenvalue weighted by molar-refractivity contribution is 0.272. The summed E-state index contributed by atoms with van der Waals surface area (Å²) in [6.07, 6.45) is 4.92. The molecule has 0 bridgehead atoms. The second-order valence-electron chi connectivity index (χ2n) is 4.61. The number of nitrogen functional groups attached to an aromatic ring is 1. The zero-order valence-corrected chi connectivity index (χ0v) is 10.2. The maximum atomic E-state index is 5.96. The van der Waals surface area contributed by atoms with Gasteiger partial charge >= 0.3 is 0 Å². The van der Waals surface area contributed by atoms with Gasteiger partial charge in [0.1, 0.15) is 5.69 Å². The minimum absolute atomic E-state index is 0.698. The fourth-order valence-corrected chi connectivity index (χ4v) is 1.82. The van der Waals surface area contributed by atoms with Crippen molar-refractivity contribution >= 4 is 5.69 Å². The lowest BCUT2D eigenvalue weighted by atomic mass is 10.3. The van der Waals surface area contributed by atoms with Gasteiger partial charge in [0, 0.05) is 6.54 Å². The van der Waals surface area contributed by atoms with Crippen molar-refractivity contribution in [3.8, 4) is 5.88 Å². The molecule has 4 heteroatoms. The van der Waals surface area contributed by atoms with Crippen molar-refractivity contribution in [3.63, 3.8) is 0 Å². The van der Waals surface area contributed by atoms with Gasteiger partial charge in [0.25, 0.3) is 0 Å². The fourth-order valence-electron chi connectivity index (χ4n) is 1.82. The fraction of sp³-hybridized carbons (Fsp3) is 0.750. The summed E-state index contributed by atoms with van der Waals surface area (Å²) in [4.78, 5) is 0. The Kier molecular flexibility index (Phi) is 3.36. The van der Waals surface area contributed by atoms with E-state index in [1.165, 1.54) is 12.8 Å². The number of hydrogen-bond acceptors (Lipinski definition) is 3. The topological polar surface area (TPSA) is 53.1 Å². The van der Waals surface area contributed by atoms with E-state index in [2.05, 4.69) is 12.0 Å². The van der Waals surface area contributed by atoms with Crippen LogP contribution in [0.25, 0.3) is 0 Å². The largest absolute Gasteiger partial charge is 0.476 e. The molecule has 1 aliphatic rings. The van der Waals surface area contributed by atoms with Crippen LogP contribution in [0, 0.1) is 12.8 Å². The van der Waals surface area contributed by atoms with Crippen LogP contribution in [-0.4, -0.2) is 16.4 Å². The number of hydrogen-bond donors (Lipinski definition) is 1. The third kappa shape index (κ3) is 2.49. The Morgan fingerprint density at radius 1 is 1.50 bits per heavy atom. The van der Waals surface area contributed by atoms with Crippen LogP contribution < -0.4 is 10.5 Å². The summed E-state index contributed by atoms with van der Waals surface area (Å²) in [7, 11) is 0. The molecular formula is C12H21N3O. The molecule has 2 rings (SSSR count). The summed E-state index contributed by atoms with van der Waals surface area (Å²) in [6, 6.07) is 0. The highest BCUT2D eigenvalue weighted by Crippen LogP contribution is 2.33. The summed E-state index contributed by atoms with van der Waals surface area (Å²) in [5.41, 5.74) is 7.53. The molecule has 1 heterocycles. The van der Waals surface area contributed by atoms with E-state index < -0.39 is 0 Å². The molecule has 1 saturated carbocycles. The zero-order valence-electron chi connectivity index (χ0n) is 10.2. The third-order valence-corrected chi connectivity index (χ3v) is 3.02. The Hall–Kier alpha value is -1.19. The van der Waals surface area contributed by atoms with Crippen LogP contribution in [0.1, 0.15) is 38.3 Å². The molecule has 16 heavy (non-hydrogen) atoms. The van der Waals surface area contributed by atoms with Crippen molar-refractivity contribution < 1.29 is 4.74 Å². The number of aromatic nitrogens is 2. The van der Waals surface area contributed by atoms with E-state index >= 15 is 0 Å². The molecule has 0 unspecified atom stereocenters. The van der Waals surface area contributed by atoms with Crippen molar-refractivity contribution in [1.82, 2.24) is 9.78 Å². The van der Waals surface area contributed by atoms with E-state index in [1.54, 1.807) is 0 Å². The van der Waals surface area contributed by atoms with Gasteiger partial charge in [0.2, 0.25) is 5.88 Å². The Labute approximate surface area is 96.8 Å². The summed E-state index contributed by atoms with van der Waals surface area (Å²) in [6.45, 7) is 5.69. The van der Waals surface area contributed by atoms with E-state index in [0.29, 0.717) is 5.69 Å². The number of anilines is 1. The molecule has 0 amide bonds. The highest BCUT2D eigenvalue weighted by atomic mass is 16.5. The first-order chi connectivity index (χ1) is 7.72. The van der Waals surface area contributed by atoms with Gasteiger partial charge in [0.15, 0.2) is 0 Å². The van der Waals surface area contributed by atoms with Crippen LogP contribution in [0.15, 0.2) is 0 Å². The van der Waals surface area contributed by atoms with Crippen molar-refractivity contribution in [2.75, 3.05) is 12.3 Å². The zero-order chi connectivity index (χ0) is 11.5. The van der Waals surface area contributed by atoms with Gasteiger partial charge in [-0.3, -0.25) is 0 Å². The molecule has 0 spiro atoms.